The van der Waals surface area contributed by atoms with E-state index in [1.807, 2.05) is 171 Å². The van der Waals surface area contributed by atoms with Gasteiger partial charge in [0.1, 0.15) is 23.1 Å². The Morgan fingerprint density at radius 2 is 0.554 bits per heavy atom. The molecule has 0 amide bonds. The van der Waals surface area contributed by atoms with Crippen LogP contribution in [0.5, 0.6) is 92.0 Å². The summed E-state index contributed by atoms with van der Waals surface area (Å²) in [4.78, 5) is 44.9. The fourth-order valence-electron chi connectivity index (χ4n) is 12.7. The molecule has 0 bridgehead atoms. The highest BCUT2D eigenvalue weighted by Gasteiger charge is 2.18. The number of phenolic OH excluding ortho intramolecular Hbond substituents is 8. The SMILES string of the molecule is CCCC(=O)CCc1ccc(O)c(OCC)c1.CCCC(O)CCc1ccc(O)c(OCC)c1.CCOc1cc(CC(C)C(=O)CC)ccc1O.CCOc1cc(CC(C)C(O)CC)ccc1O.CCOc1cc(CCC(=O)CC)ccc1O.CCOc1cc(CCC(C)=O)ccc1O.CCOc1cc(CCC(C)O)ccc1O.CCOc1cc(CCC(O)CC)ccc1O. The van der Waals surface area contributed by atoms with Gasteiger partial charge in [-0.3, -0.25) is 14.4 Å². The van der Waals surface area contributed by atoms with Gasteiger partial charge in [-0.25, -0.2) is 0 Å². The zero-order valence-corrected chi connectivity index (χ0v) is 80.8. The molecule has 0 saturated carbocycles. The summed E-state index contributed by atoms with van der Waals surface area (Å²) >= 11 is 0. The molecular weight excluding hydrogens is 1660 g/mol. The van der Waals surface area contributed by atoms with Gasteiger partial charge < -0.3 is 104 Å². The minimum absolute atomic E-state index is 0.0130. The fourth-order valence-corrected chi connectivity index (χ4v) is 12.7. The van der Waals surface area contributed by atoms with E-state index >= 15 is 0 Å². The second kappa shape index (κ2) is 69.1. The van der Waals surface area contributed by atoms with Gasteiger partial charge in [0.15, 0.2) is 92.0 Å². The number of hydrogen-bond acceptors (Lipinski definition) is 24. The first-order chi connectivity index (χ1) is 62.1. The smallest absolute Gasteiger partial charge is 0.161 e. The molecule has 8 aromatic rings. The largest absolute Gasteiger partial charge is 0.504 e. The standard InChI is InChI=1S/C14H22O3.C14H20O3.C14H22O3.C14H20O3.C13H20O3.C13H18O3.C12H18O3.C12H16O3/c2*1-4-12(15)10(3)8-11-6-7-13(16)14(9-11)17-5-2;2*1-3-5-12(15)8-6-11-7-9-13(16)14(10-11)17-4-2;2*1-3-11(14)7-5-10-6-8-12(15)13(9-10)16-4-2;2*1-3-15-12-8-10(5-4-9(2)13)6-7-11(12)14/h6-7,9-10,12,15-16H,4-5,8H2,1-3H3;6-7,9-10,16H,4-5,8H2,1-3H3;7,9-10,12,15-16H,3-6,8H2,1-2H3;7,9-10,16H,3-6,8H2,1-2H3;6,8-9,11,14-15H,3-5,7H2,1-2H3;6,8-9,15H,3-5,7H2,1-2H3;6-9,13-14H,3-5H2,1-2H3;6-8,14H,3-5H2,1-2H3. The Balaban J connectivity index is 0.000000743. The van der Waals surface area contributed by atoms with Crippen molar-refractivity contribution in [1.29, 1.82) is 0 Å². The van der Waals surface area contributed by atoms with Crippen molar-refractivity contribution in [3.63, 3.8) is 0 Å². The van der Waals surface area contributed by atoms with E-state index < -0.39 is 0 Å². The zero-order chi connectivity index (χ0) is 97.5. The van der Waals surface area contributed by atoms with Crippen LogP contribution in [0.15, 0.2) is 146 Å². The molecule has 0 aliphatic carbocycles. The van der Waals surface area contributed by atoms with E-state index in [0.29, 0.717) is 169 Å². The summed E-state index contributed by atoms with van der Waals surface area (Å²) in [6.45, 7) is 38.3. The van der Waals surface area contributed by atoms with Crippen LogP contribution in [0.2, 0.25) is 0 Å². The number of aliphatic hydroxyl groups is 4. The minimum Gasteiger partial charge on any atom is -0.504 e. The summed E-state index contributed by atoms with van der Waals surface area (Å²) in [6, 6.07) is 42.3. The van der Waals surface area contributed by atoms with Gasteiger partial charge in [-0.2, -0.15) is 0 Å². The number of ether oxygens (including phenoxy) is 8. The van der Waals surface area contributed by atoms with Crippen LogP contribution in [0.1, 0.15) is 259 Å². The minimum atomic E-state index is -0.297. The van der Waals surface area contributed by atoms with Crippen LogP contribution in [-0.2, 0) is 70.5 Å². The van der Waals surface area contributed by atoms with E-state index in [-0.39, 0.29) is 99.6 Å². The first kappa shape index (κ1) is 117. The molecule has 130 heavy (non-hydrogen) atoms. The van der Waals surface area contributed by atoms with Gasteiger partial charge in [-0.15, -0.1) is 0 Å². The zero-order valence-electron chi connectivity index (χ0n) is 80.8. The summed E-state index contributed by atoms with van der Waals surface area (Å²) in [6.07, 6.45) is 14.8. The van der Waals surface area contributed by atoms with Gasteiger partial charge in [0.2, 0.25) is 0 Å². The Hall–Kier alpha value is -10.9. The lowest BCUT2D eigenvalue weighted by molar-refractivity contribution is -0.122. The van der Waals surface area contributed by atoms with Crippen LogP contribution >= 0.6 is 0 Å². The van der Waals surface area contributed by atoms with Crippen LogP contribution in [0.4, 0.5) is 0 Å². The van der Waals surface area contributed by atoms with Crippen LogP contribution in [-0.4, -0.2) is 162 Å². The molecule has 0 aliphatic rings. The monoisotopic (exact) mass is 1810 g/mol. The maximum absolute atomic E-state index is 11.5. The maximum Gasteiger partial charge on any atom is 0.161 e. The fraction of sp³-hybridized carbons (Fsp3) is 0.509. The number of aliphatic hydroxyl groups excluding tert-OH is 4. The quantitative estimate of drug-likeness (QED) is 0.0168. The highest BCUT2D eigenvalue weighted by molar-refractivity contribution is 5.81. The van der Waals surface area contributed by atoms with E-state index in [2.05, 4.69) is 6.92 Å². The molecule has 724 valence electrons. The number of carbonyl (C=O) groups is 4. The van der Waals surface area contributed by atoms with Crippen molar-refractivity contribution < 1.29 is 118 Å². The topological polar surface area (TPSA) is 385 Å². The van der Waals surface area contributed by atoms with Crippen LogP contribution < -0.4 is 37.9 Å². The van der Waals surface area contributed by atoms with Crippen LogP contribution in [0, 0.1) is 11.8 Å². The average molecular weight is 1810 g/mol. The van der Waals surface area contributed by atoms with E-state index in [4.69, 9.17) is 43.0 Å². The number of benzene rings is 8. The van der Waals surface area contributed by atoms with Crippen molar-refractivity contribution in [3.8, 4) is 92.0 Å². The predicted octanol–water partition coefficient (Wildman–Crippen LogP) is 21.3. The highest BCUT2D eigenvalue weighted by atomic mass is 16.5. The molecule has 0 heterocycles. The highest BCUT2D eigenvalue weighted by Crippen LogP contribution is 2.35. The number of ketones is 4. The lowest BCUT2D eigenvalue weighted by Crippen LogP contribution is -2.18. The second-order valence-corrected chi connectivity index (χ2v) is 31.3. The third kappa shape index (κ3) is 50.3. The maximum atomic E-state index is 11.5. The first-order valence-electron chi connectivity index (χ1n) is 46.5. The van der Waals surface area contributed by atoms with Gasteiger partial charge in [0.05, 0.1) is 77.3 Å². The lowest BCUT2D eigenvalue weighted by Gasteiger charge is -2.17. The number of hydrogen-bond donors (Lipinski definition) is 12. The summed E-state index contributed by atoms with van der Waals surface area (Å²) in [5, 5.41) is 114. The molecule has 12 N–H and O–H groups in total. The number of carbonyl (C=O) groups excluding carboxylic acids is 4. The molecule has 24 nitrogen and oxygen atoms in total. The van der Waals surface area contributed by atoms with E-state index in [1.165, 1.54) is 0 Å². The molecular formula is C106H156O24. The Morgan fingerprint density at radius 3 is 0.815 bits per heavy atom. The van der Waals surface area contributed by atoms with E-state index in [1.54, 1.807) is 92.7 Å². The van der Waals surface area contributed by atoms with Crippen molar-refractivity contribution in [2.75, 3.05) is 52.9 Å². The molecule has 8 aromatic carbocycles. The van der Waals surface area contributed by atoms with E-state index in [9.17, 15) is 75.3 Å². The van der Waals surface area contributed by atoms with Gasteiger partial charge >= 0.3 is 0 Å². The van der Waals surface area contributed by atoms with E-state index in [0.717, 1.165) is 122 Å². The molecule has 6 atom stereocenters. The number of aryl methyl sites for hydroxylation is 6. The molecule has 8 rings (SSSR count). The first-order valence-corrected chi connectivity index (χ1v) is 46.5. The van der Waals surface area contributed by atoms with Gasteiger partial charge in [-0.05, 0) is 313 Å². The number of Topliss-reactive ketones (excluding diaryl/α,β-unsaturated/α-hetero) is 4. The normalized spacial score (nSPS) is 11.8. The Bertz CT molecular complexity index is 4440. The summed E-state index contributed by atoms with van der Waals surface area (Å²) in [5.41, 5.74) is 8.37. The molecule has 0 fully saturated rings. The molecule has 0 spiro atoms. The number of aromatic hydroxyl groups is 8. The second-order valence-electron chi connectivity index (χ2n) is 31.3. The van der Waals surface area contributed by atoms with Crippen molar-refractivity contribution in [3.05, 3.63) is 190 Å². The van der Waals surface area contributed by atoms with Gasteiger partial charge in [0, 0.05) is 44.4 Å². The van der Waals surface area contributed by atoms with Crippen molar-refractivity contribution in [2.24, 2.45) is 11.8 Å². The van der Waals surface area contributed by atoms with Crippen molar-refractivity contribution in [2.45, 2.75) is 290 Å². The van der Waals surface area contributed by atoms with Crippen molar-refractivity contribution in [1.82, 2.24) is 0 Å². The third-order valence-electron chi connectivity index (χ3n) is 20.2. The Kier molecular flexibility index (Phi) is 62.2. The van der Waals surface area contributed by atoms with Gasteiger partial charge in [-0.1, -0.05) is 110 Å². The average Bonchev–Trinajstić information content (AvgIpc) is 0.961. The number of rotatable bonds is 48. The Labute approximate surface area is 774 Å². The molecule has 0 aliphatic heterocycles. The summed E-state index contributed by atoms with van der Waals surface area (Å²) in [7, 11) is 0. The van der Waals surface area contributed by atoms with Crippen LogP contribution in [0.25, 0.3) is 0 Å². The molecule has 0 radical (unpaired) electrons. The predicted molar refractivity (Wildman–Crippen MR) is 516 cm³/mol. The number of phenols is 8. The third-order valence-corrected chi connectivity index (χ3v) is 20.2. The Morgan fingerprint density at radius 1 is 0.285 bits per heavy atom. The van der Waals surface area contributed by atoms with Gasteiger partial charge in [0.25, 0.3) is 0 Å². The summed E-state index contributed by atoms with van der Waals surface area (Å²) in [5.74, 6) is 6.47. The molecule has 0 aromatic heterocycles. The molecule has 24 heteroatoms. The molecule has 0 saturated heterocycles. The van der Waals surface area contributed by atoms with Crippen LogP contribution in [0.3, 0.4) is 0 Å². The lowest BCUT2D eigenvalue weighted by atomic mass is 9.94. The van der Waals surface area contributed by atoms with Crippen molar-refractivity contribution >= 4 is 23.1 Å². The summed E-state index contributed by atoms with van der Waals surface area (Å²) < 4.78 is 42.4. The molecule has 6 unspecified atom stereocenters.